The molecular weight excluding hydrogens is 365 g/mol. The van der Waals surface area contributed by atoms with Gasteiger partial charge in [0.2, 0.25) is 0 Å². The molecule has 0 heterocycles. The van der Waals surface area contributed by atoms with Crippen molar-refractivity contribution in [1.82, 2.24) is 0 Å². The summed E-state index contributed by atoms with van der Waals surface area (Å²) in [6, 6.07) is 6.77. The Balaban J connectivity index is 2.39. The quantitative estimate of drug-likeness (QED) is 0.480. The summed E-state index contributed by atoms with van der Waals surface area (Å²) >= 11 is 0. The highest BCUT2D eigenvalue weighted by atomic mass is 19.4. The number of phenolic OH excluding ortho intramolecular Hbond substituents is 1. The molecule has 0 saturated heterocycles. The van der Waals surface area contributed by atoms with Crippen LogP contribution >= 0.6 is 0 Å². The molecule has 0 atom stereocenters. The molecule has 142 valence electrons. The Kier molecular flexibility index (Phi) is 5.89. The van der Waals surface area contributed by atoms with Crippen molar-refractivity contribution in [3.63, 3.8) is 0 Å². The van der Waals surface area contributed by atoms with E-state index in [1.54, 1.807) is 0 Å². The van der Waals surface area contributed by atoms with Crippen LogP contribution in [0.3, 0.4) is 0 Å². The SMILES string of the molecule is COC(=O)c1ccc(O)c(/C=C/C(=O)c2ccc(OC)cc2C(F)(F)F)c1. The minimum Gasteiger partial charge on any atom is -0.507 e. The van der Waals surface area contributed by atoms with Crippen LogP contribution in [0.2, 0.25) is 0 Å². The number of alkyl halides is 3. The van der Waals surface area contributed by atoms with Gasteiger partial charge >= 0.3 is 12.1 Å². The van der Waals surface area contributed by atoms with E-state index in [4.69, 9.17) is 4.74 Å². The number of phenols is 1. The molecule has 0 aliphatic carbocycles. The van der Waals surface area contributed by atoms with Crippen molar-refractivity contribution < 1.29 is 37.3 Å². The van der Waals surface area contributed by atoms with Gasteiger partial charge in [-0.3, -0.25) is 4.79 Å². The molecule has 0 aliphatic rings. The van der Waals surface area contributed by atoms with Gasteiger partial charge in [0.25, 0.3) is 0 Å². The number of aromatic hydroxyl groups is 1. The van der Waals surface area contributed by atoms with Crippen LogP contribution in [0.4, 0.5) is 13.2 Å². The minimum atomic E-state index is -4.75. The largest absolute Gasteiger partial charge is 0.507 e. The van der Waals surface area contributed by atoms with Crippen molar-refractivity contribution in [3.8, 4) is 11.5 Å². The fraction of sp³-hybridized carbons (Fsp3) is 0.158. The molecular formula is C19H15F3O5. The summed E-state index contributed by atoms with van der Waals surface area (Å²) in [5.41, 5.74) is -1.51. The number of ketones is 1. The van der Waals surface area contributed by atoms with E-state index < -0.39 is 29.1 Å². The first-order valence-electron chi connectivity index (χ1n) is 7.56. The summed E-state index contributed by atoms with van der Waals surface area (Å²) in [6.07, 6.45) is -2.75. The summed E-state index contributed by atoms with van der Waals surface area (Å²) in [5.74, 6) is -1.87. The molecule has 0 fully saturated rings. The van der Waals surface area contributed by atoms with Gasteiger partial charge in [-0.2, -0.15) is 13.2 Å². The number of halogens is 3. The van der Waals surface area contributed by atoms with Gasteiger partial charge in [0.15, 0.2) is 5.78 Å². The van der Waals surface area contributed by atoms with Crippen molar-refractivity contribution in [2.45, 2.75) is 6.18 Å². The van der Waals surface area contributed by atoms with Crippen LogP contribution in [0, 0.1) is 0 Å². The number of hydrogen-bond acceptors (Lipinski definition) is 5. The van der Waals surface area contributed by atoms with E-state index in [0.29, 0.717) is 0 Å². The van der Waals surface area contributed by atoms with Gasteiger partial charge in [-0.15, -0.1) is 0 Å². The van der Waals surface area contributed by atoms with Crippen LogP contribution in [-0.4, -0.2) is 31.1 Å². The molecule has 2 aromatic rings. The molecule has 5 nitrogen and oxygen atoms in total. The number of esters is 1. The van der Waals surface area contributed by atoms with E-state index in [0.717, 1.165) is 24.3 Å². The second-order valence-corrected chi connectivity index (χ2v) is 5.37. The van der Waals surface area contributed by atoms with Crippen LogP contribution in [-0.2, 0) is 10.9 Å². The van der Waals surface area contributed by atoms with Crippen molar-refractivity contribution in [1.29, 1.82) is 0 Å². The molecule has 0 bridgehead atoms. The average molecular weight is 380 g/mol. The highest BCUT2D eigenvalue weighted by Crippen LogP contribution is 2.35. The zero-order chi connectivity index (χ0) is 20.2. The van der Waals surface area contributed by atoms with E-state index in [9.17, 15) is 27.9 Å². The zero-order valence-electron chi connectivity index (χ0n) is 14.3. The molecule has 2 aromatic carbocycles. The highest BCUT2D eigenvalue weighted by molar-refractivity contribution is 6.08. The molecule has 0 unspecified atom stereocenters. The molecule has 8 heteroatoms. The number of methoxy groups -OCH3 is 2. The Morgan fingerprint density at radius 1 is 1.07 bits per heavy atom. The lowest BCUT2D eigenvalue weighted by Crippen LogP contribution is -2.12. The first-order valence-corrected chi connectivity index (χ1v) is 7.56. The summed E-state index contributed by atoms with van der Waals surface area (Å²) in [6.45, 7) is 0. The molecule has 2 rings (SSSR count). The van der Waals surface area contributed by atoms with Crippen LogP contribution in [0.15, 0.2) is 42.5 Å². The zero-order valence-corrected chi connectivity index (χ0v) is 14.3. The van der Waals surface area contributed by atoms with Gasteiger partial charge in [-0.25, -0.2) is 4.79 Å². The number of carbonyl (C=O) groups excluding carboxylic acids is 2. The Morgan fingerprint density at radius 2 is 1.78 bits per heavy atom. The smallest absolute Gasteiger partial charge is 0.417 e. The van der Waals surface area contributed by atoms with Crippen molar-refractivity contribution in [2.75, 3.05) is 14.2 Å². The summed E-state index contributed by atoms with van der Waals surface area (Å²) < 4.78 is 49.0. The highest BCUT2D eigenvalue weighted by Gasteiger charge is 2.35. The molecule has 27 heavy (non-hydrogen) atoms. The monoisotopic (exact) mass is 380 g/mol. The van der Waals surface area contributed by atoms with E-state index in [-0.39, 0.29) is 22.6 Å². The molecule has 0 amide bonds. The topological polar surface area (TPSA) is 72.8 Å². The third-order valence-electron chi connectivity index (χ3n) is 3.66. The number of allylic oxidation sites excluding steroid dienone is 1. The van der Waals surface area contributed by atoms with E-state index >= 15 is 0 Å². The van der Waals surface area contributed by atoms with E-state index in [2.05, 4.69) is 4.74 Å². The lowest BCUT2D eigenvalue weighted by molar-refractivity contribution is -0.138. The fourth-order valence-corrected chi connectivity index (χ4v) is 2.29. The molecule has 0 radical (unpaired) electrons. The van der Waals surface area contributed by atoms with E-state index in [1.807, 2.05) is 0 Å². The predicted octanol–water partition coefficient (Wildman–Crippen LogP) is 4.10. The standard InChI is InChI=1S/C19H15F3O5/c1-26-13-5-6-14(15(10-13)19(20,21)22)17(24)8-3-11-9-12(18(25)27-2)4-7-16(11)23/h3-10,23H,1-2H3/b8-3+. The lowest BCUT2D eigenvalue weighted by atomic mass is 10.0. The normalized spacial score (nSPS) is 11.4. The van der Waals surface area contributed by atoms with Gasteiger partial charge < -0.3 is 14.6 Å². The third kappa shape index (κ3) is 4.66. The average Bonchev–Trinajstić information content (AvgIpc) is 2.65. The number of rotatable bonds is 5. The second-order valence-electron chi connectivity index (χ2n) is 5.37. The van der Waals surface area contributed by atoms with Crippen LogP contribution in [0.5, 0.6) is 11.5 Å². The first kappa shape index (κ1) is 20.0. The lowest BCUT2D eigenvalue weighted by Gasteiger charge is -2.12. The summed E-state index contributed by atoms with van der Waals surface area (Å²) in [5, 5.41) is 9.81. The number of ether oxygens (including phenoxy) is 2. The predicted molar refractivity (Wildman–Crippen MR) is 90.8 cm³/mol. The van der Waals surface area contributed by atoms with Crippen molar-refractivity contribution >= 4 is 17.8 Å². The number of hydrogen-bond donors (Lipinski definition) is 1. The maximum Gasteiger partial charge on any atom is 0.417 e. The Morgan fingerprint density at radius 3 is 2.37 bits per heavy atom. The third-order valence-corrected chi connectivity index (χ3v) is 3.66. The van der Waals surface area contributed by atoms with Gasteiger partial charge in [0.05, 0.1) is 25.3 Å². The minimum absolute atomic E-state index is 0.0359. The molecule has 1 N–H and O–H groups in total. The van der Waals surface area contributed by atoms with Crippen LogP contribution in [0.1, 0.15) is 31.8 Å². The molecule has 0 aliphatic heterocycles. The summed E-state index contributed by atoms with van der Waals surface area (Å²) in [7, 11) is 2.39. The Labute approximate surface area is 152 Å². The maximum atomic E-state index is 13.2. The Hall–Kier alpha value is -3.29. The van der Waals surface area contributed by atoms with Gasteiger partial charge in [0.1, 0.15) is 11.5 Å². The molecule has 0 aromatic heterocycles. The van der Waals surface area contributed by atoms with Crippen LogP contribution in [0.25, 0.3) is 6.08 Å². The molecule has 0 spiro atoms. The number of benzene rings is 2. The summed E-state index contributed by atoms with van der Waals surface area (Å²) in [4.78, 5) is 23.8. The fourth-order valence-electron chi connectivity index (χ4n) is 2.29. The van der Waals surface area contributed by atoms with Crippen molar-refractivity contribution in [2.24, 2.45) is 0 Å². The van der Waals surface area contributed by atoms with Gasteiger partial charge in [-0.1, -0.05) is 0 Å². The second kappa shape index (κ2) is 7.94. The van der Waals surface area contributed by atoms with Crippen LogP contribution < -0.4 is 4.74 Å². The number of carbonyl (C=O) groups is 2. The van der Waals surface area contributed by atoms with Crippen molar-refractivity contribution in [3.05, 3.63) is 64.7 Å². The maximum absolute atomic E-state index is 13.2. The molecule has 0 saturated carbocycles. The van der Waals surface area contributed by atoms with E-state index in [1.165, 1.54) is 38.5 Å². The Bertz CT molecular complexity index is 901. The van der Waals surface area contributed by atoms with Gasteiger partial charge in [-0.05, 0) is 48.6 Å². The van der Waals surface area contributed by atoms with Gasteiger partial charge in [0, 0.05) is 11.1 Å². The first-order chi connectivity index (χ1) is 12.7.